The van der Waals surface area contributed by atoms with Crippen LogP contribution >= 0.6 is 0 Å². The van der Waals surface area contributed by atoms with Gasteiger partial charge in [-0.05, 0) is 48.4 Å². The molecule has 6 nitrogen and oxygen atoms in total. The molecule has 2 amide bonds. The Morgan fingerprint density at radius 2 is 1.67 bits per heavy atom. The zero-order valence-corrected chi connectivity index (χ0v) is 19.3. The molecule has 33 heavy (non-hydrogen) atoms. The van der Waals surface area contributed by atoms with Gasteiger partial charge in [-0.3, -0.25) is 9.59 Å². The molecule has 0 fully saturated rings. The lowest BCUT2D eigenvalue weighted by atomic mass is 9.79. The third-order valence-electron chi connectivity index (χ3n) is 6.16. The molecule has 0 saturated carbocycles. The smallest absolute Gasteiger partial charge is 0.254 e. The SMILES string of the molecule is CCOc1ccccc1N(C)C(=O)[C@H]1c2ccccc2C(=O)N(C)[C@H]1c1ccc(OC)cc1. The van der Waals surface area contributed by atoms with E-state index in [1.165, 1.54) is 0 Å². The Kier molecular flexibility index (Phi) is 6.36. The fraction of sp³-hybridized carbons (Fsp3) is 0.259. The van der Waals surface area contributed by atoms with Gasteiger partial charge in [0.15, 0.2) is 0 Å². The molecular formula is C27H28N2O4. The predicted octanol–water partition coefficient (Wildman–Crippen LogP) is 4.67. The number of para-hydroxylation sites is 2. The minimum Gasteiger partial charge on any atom is -0.497 e. The van der Waals surface area contributed by atoms with Crippen molar-refractivity contribution >= 4 is 17.5 Å². The lowest BCUT2D eigenvalue weighted by molar-refractivity contribution is -0.121. The maximum Gasteiger partial charge on any atom is 0.254 e. The summed E-state index contributed by atoms with van der Waals surface area (Å²) in [5.41, 5.74) is 2.84. The van der Waals surface area contributed by atoms with Crippen molar-refractivity contribution in [1.29, 1.82) is 0 Å². The number of nitrogens with zero attached hydrogens (tertiary/aromatic N) is 2. The third-order valence-corrected chi connectivity index (χ3v) is 6.16. The number of rotatable bonds is 6. The van der Waals surface area contributed by atoms with Crippen molar-refractivity contribution in [2.24, 2.45) is 0 Å². The van der Waals surface area contributed by atoms with E-state index in [1.54, 1.807) is 37.1 Å². The van der Waals surface area contributed by atoms with Gasteiger partial charge in [0, 0.05) is 19.7 Å². The molecule has 3 aromatic rings. The molecule has 0 aliphatic carbocycles. The van der Waals surface area contributed by atoms with Crippen LogP contribution in [0.1, 0.15) is 40.4 Å². The number of benzene rings is 3. The molecule has 6 heteroatoms. The molecule has 170 valence electrons. The van der Waals surface area contributed by atoms with Gasteiger partial charge in [0.2, 0.25) is 5.91 Å². The summed E-state index contributed by atoms with van der Waals surface area (Å²) in [7, 11) is 5.12. The maximum atomic E-state index is 14.1. The van der Waals surface area contributed by atoms with Crippen molar-refractivity contribution in [2.45, 2.75) is 18.9 Å². The Morgan fingerprint density at radius 3 is 2.36 bits per heavy atom. The zero-order chi connectivity index (χ0) is 23.5. The Balaban J connectivity index is 1.83. The largest absolute Gasteiger partial charge is 0.497 e. The van der Waals surface area contributed by atoms with E-state index in [0.29, 0.717) is 23.6 Å². The average Bonchev–Trinajstić information content (AvgIpc) is 2.86. The molecule has 1 aliphatic rings. The van der Waals surface area contributed by atoms with Gasteiger partial charge < -0.3 is 19.3 Å². The Bertz CT molecular complexity index is 1160. The van der Waals surface area contributed by atoms with Gasteiger partial charge in [0.05, 0.1) is 31.4 Å². The first kappa shape index (κ1) is 22.4. The molecule has 0 aromatic heterocycles. The van der Waals surface area contributed by atoms with E-state index in [0.717, 1.165) is 16.9 Å². The van der Waals surface area contributed by atoms with E-state index in [2.05, 4.69) is 0 Å². The van der Waals surface area contributed by atoms with Crippen molar-refractivity contribution < 1.29 is 19.1 Å². The fourth-order valence-electron chi connectivity index (χ4n) is 4.50. The minimum absolute atomic E-state index is 0.104. The number of hydrogen-bond donors (Lipinski definition) is 0. The van der Waals surface area contributed by atoms with E-state index in [1.807, 2.05) is 73.7 Å². The van der Waals surface area contributed by atoms with Crippen LogP contribution in [0.2, 0.25) is 0 Å². The standard InChI is InChI=1S/C27H28N2O4/c1-5-33-23-13-9-8-12-22(23)28(2)27(31)24-20-10-6-7-11-21(20)26(30)29(3)25(24)18-14-16-19(32-4)17-15-18/h6-17,24-25H,5H2,1-4H3/t24-,25-/m0/s1. The van der Waals surface area contributed by atoms with Gasteiger partial charge >= 0.3 is 0 Å². The quantitative estimate of drug-likeness (QED) is 0.555. The van der Waals surface area contributed by atoms with E-state index in [4.69, 9.17) is 9.47 Å². The van der Waals surface area contributed by atoms with E-state index in [9.17, 15) is 9.59 Å². The number of amides is 2. The van der Waals surface area contributed by atoms with Crippen LogP contribution in [0.25, 0.3) is 0 Å². The highest BCUT2D eigenvalue weighted by atomic mass is 16.5. The second-order valence-corrected chi connectivity index (χ2v) is 8.00. The average molecular weight is 445 g/mol. The van der Waals surface area contributed by atoms with Crippen molar-refractivity contribution in [1.82, 2.24) is 4.90 Å². The molecule has 0 radical (unpaired) electrons. The minimum atomic E-state index is -0.586. The zero-order valence-electron chi connectivity index (χ0n) is 19.3. The van der Waals surface area contributed by atoms with Gasteiger partial charge in [0.1, 0.15) is 11.5 Å². The van der Waals surface area contributed by atoms with Crippen molar-refractivity contribution in [3.8, 4) is 11.5 Å². The number of methoxy groups -OCH3 is 1. The van der Waals surface area contributed by atoms with Crippen LogP contribution in [-0.2, 0) is 4.79 Å². The molecule has 0 bridgehead atoms. The van der Waals surface area contributed by atoms with Crippen molar-refractivity contribution in [3.63, 3.8) is 0 Å². The second kappa shape index (κ2) is 9.36. The summed E-state index contributed by atoms with van der Waals surface area (Å²) in [6.07, 6.45) is 0. The molecule has 0 saturated heterocycles. The molecule has 3 aromatic carbocycles. The van der Waals surface area contributed by atoms with Gasteiger partial charge in [-0.25, -0.2) is 0 Å². The van der Waals surface area contributed by atoms with E-state index < -0.39 is 12.0 Å². The first-order valence-electron chi connectivity index (χ1n) is 11.0. The Labute approximate surface area is 194 Å². The number of carbonyl (C=O) groups excluding carboxylic acids is 2. The lowest BCUT2D eigenvalue weighted by Crippen LogP contribution is -2.46. The number of anilines is 1. The summed E-state index contributed by atoms with van der Waals surface area (Å²) in [6, 6.07) is 21.9. The highest BCUT2D eigenvalue weighted by Gasteiger charge is 2.44. The van der Waals surface area contributed by atoms with E-state index >= 15 is 0 Å². The van der Waals surface area contributed by atoms with Crippen LogP contribution in [0.4, 0.5) is 5.69 Å². The Hall–Kier alpha value is -3.80. The number of fused-ring (bicyclic) bond motifs is 1. The third kappa shape index (κ3) is 4.04. The summed E-state index contributed by atoms with van der Waals surface area (Å²) >= 11 is 0. The first-order valence-corrected chi connectivity index (χ1v) is 11.0. The topological polar surface area (TPSA) is 59.1 Å². The van der Waals surface area contributed by atoms with Gasteiger partial charge in [0.25, 0.3) is 5.91 Å². The van der Waals surface area contributed by atoms with Crippen LogP contribution in [0.3, 0.4) is 0 Å². The van der Waals surface area contributed by atoms with Crippen LogP contribution in [-0.4, -0.2) is 44.5 Å². The molecule has 0 unspecified atom stereocenters. The maximum absolute atomic E-state index is 14.1. The van der Waals surface area contributed by atoms with Gasteiger partial charge in [-0.2, -0.15) is 0 Å². The number of likely N-dealkylation sites (N-methyl/N-ethyl adjacent to an activating group) is 2. The molecule has 2 atom stereocenters. The number of hydrogen-bond acceptors (Lipinski definition) is 4. The summed E-state index contributed by atoms with van der Waals surface area (Å²) in [4.78, 5) is 30.6. The van der Waals surface area contributed by atoms with Gasteiger partial charge in [-0.15, -0.1) is 0 Å². The summed E-state index contributed by atoms with van der Waals surface area (Å²) in [5, 5.41) is 0. The molecule has 1 aliphatic heterocycles. The highest BCUT2D eigenvalue weighted by Crippen LogP contribution is 2.44. The number of ether oxygens (including phenoxy) is 2. The van der Waals surface area contributed by atoms with E-state index in [-0.39, 0.29) is 11.8 Å². The van der Waals surface area contributed by atoms with Crippen LogP contribution in [0.15, 0.2) is 72.8 Å². The highest BCUT2D eigenvalue weighted by molar-refractivity contribution is 6.05. The predicted molar refractivity (Wildman–Crippen MR) is 128 cm³/mol. The van der Waals surface area contributed by atoms with Crippen LogP contribution < -0.4 is 14.4 Å². The summed E-state index contributed by atoms with van der Waals surface area (Å²) in [5.74, 6) is 0.555. The van der Waals surface area contributed by atoms with Crippen LogP contribution in [0.5, 0.6) is 11.5 Å². The Morgan fingerprint density at radius 1 is 1.00 bits per heavy atom. The molecular weight excluding hydrogens is 416 g/mol. The summed E-state index contributed by atoms with van der Waals surface area (Å²) in [6.45, 7) is 2.41. The van der Waals surface area contributed by atoms with Crippen LogP contribution in [0, 0.1) is 0 Å². The molecule has 0 N–H and O–H groups in total. The lowest BCUT2D eigenvalue weighted by Gasteiger charge is -2.41. The molecule has 4 rings (SSSR count). The summed E-state index contributed by atoms with van der Waals surface area (Å²) < 4.78 is 11.1. The second-order valence-electron chi connectivity index (χ2n) is 8.00. The van der Waals surface area contributed by atoms with Crippen molar-refractivity contribution in [3.05, 3.63) is 89.5 Å². The molecule has 0 spiro atoms. The first-order chi connectivity index (χ1) is 16.0. The van der Waals surface area contributed by atoms with Gasteiger partial charge in [-0.1, -0.05) is 42.5 Å². The normalized spacial score (nSPS) is 17.3. The van der Waals surface area contributed by atoms with Crippen molar-refractivity contribution in [2.75, 3.05) is 32.7 Å². The fourth-order valence-corrected chi connectivity index (χ4v) is 4.50. The monoisotopic (exact) mass is 444 g/mol. The number of carbonyl (C=O) groups is 2. The molecule has 1 heterocycles.